The van der Waals surface area contributed by atoms with Crippen LogP contribution in [0.3, 0.4) is 0 Å². The number of fused-ring (bicyclic) bond motifs is 1. The van der Waals surface area contributed by atoms with Gasteiger partial charge in [0, 0.05) is 26.2 Å². The standard InChI is InChI=1S/C20H29N5O3S/c1-29(26,27)25-11-8-17-13-19(5-4-18(17)15-25)28-12-2-3-16-6-9-24(10-7-16)20-14-21-23-22-20/h4-5,13,16H,2-3,6-12,14-15H2,1H3. The molecule has 3 heterocycles. The fraction of sp³-hybridized carbons (Fsp3) is 0.650. The Balaban J connectivity index is 1.18. The molecule has 3 aliphatic heterocycles. The van der Waals surface area contributed by atoms with Crippen molar-refractivity contribution in [1.82, 2.24) is 9.21 Å². The fourth-order valence-electron chi connectivity index (χ4n) is 4.29. The van der Waals surface area contributed by atoms with Gasteiger partial charge in [0.1, 0.15) is 12.3 Å². The topological polar surface area (TPSA) is 86.9 Å². The van der Waals surface area contributed by atoms with Crippen LogP contribution >= 0.6 is 0 Å². The molecule has 8 nitrogen and oxygen atoms in total. The zero-order valence-electron chi connectivity index (χ0n) is 17.0. The molecule has 1 aromatic rings. The van der Waals surface area contributed by atoms with Gasteiger partial charge in [0.2, 0.25) is 10.0 Å². The van der Waals surface area contributed by atoms with Crippen molar-refractivity contribution in [2.24, 2.45) is 21.4 Å². The van der Waals surface area contributed by atoms with Gasteiger partial charge in [0.25, 0.3) is 0 Å². The predicted molar refractivity (Wildman–Crippen MR) is 112 cm³/mol. The molecule has 0 atom stereocenters. The number of ether oxygens (including phenoxy) is 1. The number of rotatable bonds is 6. The molecule has 0 saturated carbocycles. The lowest BCUT2D eigenvalue weighted by Crippen LogP contribution is -2.39. The van der Waals surface area contributed by atoms with Crippen molar-refractivity contribution in [2.45, 2.75) is 38.6 Å². The quantitative estimate of drug-likeness (QED) is 0.663. The molecule has 29 heavy (non-hydrogen) atoms. The summed E-state index contributed by atoms with van der Waals surface area (Å²) in [4.78, 5) is 2.31. The van der Waals surface area contributed by atoms with E-state index in [1.165, 1.54) is 35.4 Å². The zero-order valence-corrected chi connectivity index (χ0v) is 17.8. The number of benzene rings is 1. The van der Waals surface area contributed by atoms with Gasteiger partial charge in [0.15, 0.2) is 5.84 Å². The number of likely N-dealkylation sites (tertiary alicyclic amines) is 1. The molecule has 0 aromatic heterocycles. The minimum atomic E-state index is -3.13. The van der Waals surface area contributed by atoms with Gasteiger partial charge in [-0.15, -0.1) is 5.10 Å². The first-order valence-electron chi connectivity index (χ1n) is 10.4. The molecule has 0 N–H and O–H groups in total. The number of sulfonamides is 1. The van der Waals surface area contributed by atoms with E-state index in [9.17, 15) is 8.42 Å². The Kier molecular flexibility index (Phi) is 6.15. The lowest BCUT2D eigenvalue weighted by Gasteiger charge is -2.32. The summed E-state index contributed by atoms with van der Waals surface area (Å²) >= 11 is 0. The lowest BCUT2D eigenvalue weighted by atomic mass is 9.92. The normalized spacial score (nSPS) is 20.6. The first-order valence-corrected chi connectivity index (χ1v) is 12.2. The van der Waals surface area contributed by atoms with Crippen molar-refractivity contribution >= 4 is 15.9 Å². The molecule has 0 unspecified atom stereocenters. The van der Waals surface area contributed by atoms with Crippen LogP contribution in [-0.2, 0) is 23.0 Å². The maximum Gasteiger partial charge on any atom is 0.211 e. The average molecular weight is 420 g/mol. The molecule has 1 fully saturated rings. The molecular formula is C20H29N5O3S. The highest BCUT2D eigenvalue weighted by Gasteiger charge is 2.24. The van der Waals surface area contributed by atoms with Gasteiger partial charge >= 0.3 is 0 Å². The highest BCUT2D eigenvalue weighted by atomic mass is 32.2. The van der Waals surface area contributed by atoms with Crippen LogP contribution < -0.4 is 4.74 Å². The second kappa shape index (κ2) is 8.79. The molecule has 9 heteroatoms. The Morgan fingerprint density at radius 2 is 2.00 bits per heavy atom. The van der Waals surface area contributed by atoms with Crippen LogP contribution in [0.4, 0.5) is 0 Å². The SMILES string of the molecule is CS(=O)(=O)N1CCc2cc(OCCCC3CCN(C4=NN=NC4)CC3)ccc2C1. The van der Waals surface area contributed by atoms with E-state index >= 15 is 0 Å². The van der Waals surface area contributed by atoms with E-state index in [2.05, 4.69) is 26.4 Å². The summed E-state index contributed by atoms with van der Waals surface area (Å²) < 4.78 is 31.0. The zero-order chi connectivity index (χ0) is 20.3. The van der Waals surface area contributed by atoms with Crippen molar-refractivity contribution < 1.29 is 13.2 Å². The minimum Gasteiger partial charge on any atom is -0.494 e. The Bertz CT molecular complexity index is 891. The van der Waals surface area contributed by atoms with E-state index in [0.29, 0.717) is 19.6 Å². The van der Waals surface area contributed by atoms with E-state index < -0.39 is 10.0 Å². The first kappa shape index (κ1) is 20.3. The molecular weight excluding hydrogens is 390 g/mol. The highest BCUT2D eigenvalue weighted by Crippen LogP contribution is 2.26. The second-order valence-corrected chi connectivity index (χ2v) is 10.1. The van der Waals surface area contributed by atoms with Gasteiger partial charge in [-0.25, -0.2) is 8.42 Å². The van der Waals surface area contributed by atoms with Crippen molar-refractivity contribution in [3.05, 3.63) is 29.3 Å². The molecule has 1 aromatic carbocycles. The number of piperidine rings is 1. The van der Waals surface area contributed by atoms with E-state index in [1.54, 1.807) is 0 Å². The van der Waals surface area contributed by atoms with Crippen LogP contribution in [0.5, 0.6) is 5.75 Å². The third-order valence-electron chi connectivity index (χ3n) is 6.06. The van der Waals surface area contributed by atoms with E-state index in [1.807, 2.05) is 12.1 Å². The first-order chi connectivity index (χ1) is 14.0. The number of amidine groups is 1. The Morgan fingerprint density at radius 1 is 1.17 bits per heavy atom. The molecule has 1 saturated heterocycles. The van der Waals surface area contributed by atoms with Crippen LogP contribution in [-0.4, -0.2) is 62.5 Å². The van der Waals surface area contributed by atoms with Gasteiger partial charge in [-0.2, -0.15) is 9.42 Å². The van der Waals surface area contributed by atoms with E-state index in [0.717, 1.165) is 55.6 Å². The Labute approximate surface area is 172 Å². The summed E-state index contributed by atoms with van der Waals surface area (Å²) in [7, 11) is -3.13. The molecule has 4 rings (SSSR count). The van der Waals surface area contributed by atoms with E-state index in [-0.39, 0.29) is 0 Å². The highest BCUT2D eigenvalue weighted by molar-refractivity contribution is 7.88. The maximum atomic E-state index is 11.7. The summed E-state index contributed by atoms with van der Waals surface area (Å²) in [5, 5.41) is 11.7. The molecule has 0 bridgehead atoms. The van der Waals surface area contributed by atoms with Gasteiger partial charge in [-0.05, 0) is 66.5 Å². The van der Waals surface area contributed by atoms with Crippen LogP contribution in [0.15, 0.2) is 33.6 Å². The number of hydrogen-bond donors (Lipinski definition) is 0. The number of hydrogen-bond acceptors (Lipinski definition) is 7. The van der Waals surface area contributed by atoms with Crippen LogP contribution in [0.1, 0.15) is 36.8 Å². The second-order valence-electron chi connectivity index (χ2n) is 8.10. The van der Waals surface area contributed by atoms with Crippen LogP contribution in [0.25, 0.3) is 0 Å². The minimum absolute atomic E-state index is 0.460. The number of nitrogens with zero attached hydrogens (tertiary/aromatic N) is 5. The monoisotopic (exact) mass is 419 g/mol. The predicted octanol–water partition coefficient (Wildman–Crippen LogP) is 2.65. The van der Waals surface area contributed by atoms with Crippen molar-refractivity contribution in [3.8, 4) is 5.75 Å². The fourth-order valence-corrected chi connectivity index (χ4v) is 5.09. The summed E-state index contributed by atoms with van der Waals surface area (Å²) in [5.41, 5.74) is 2.27. The maximum absolute atomic E-state index is 11.7. The summed E-state index contributed by atoms with van der Waals surface area (Å²) in [5.74, 6) is 2.65. The smallest absolute Gasteiger partial charge is 0.211 e. The van der Waals surface area contributed by atoms with Crippen molar-refractivity contribution in [2.75, 3.05) is 39.0 Å². The van der Waals surface area contributed by atoms with Gasteiger partial charge in [0.05, 0.1) is 12.9 Å². The van der Waals surface area contributed by atoms with Crippen molar-refractivity contribution in [3.63, 3.8) is 0 Å². The third-order valence-corrected chi connectivity index (χ3v) is 7.31. The van der Waals surface area contributed by atoms with Gasteiger partial charge in [-0.1, -0.05) is 6.07 Å². The van der Waals surface area contributed by atoms with E-state index in [4.69, 9.17) is 4.74 Å². The van der Waals surface area contributed by atoms with Crippen molar-refractivity contribution in [1.29, 1.82) is 0 Å². The summed E-state index contributed by atoms with van der Waals surface area (Å²) in [6.45, 7) is 4.45. The summed E-state index contributed by atoms with van der Waals surface area (Å²) in [6, 6.07) is 6.04. The van der Waals surface area contributed by atoms with Gasteiger partial charge < -0.3 is 9.64 Å². The third kappa shape index (κ3) is 5.14. The lowest BCUT2D eigenvalue weighted by molar-refractivity contribution is 0.232. The summed E-state index contributed by atoms with van der Waals surface area (Å²) in [6.07, 6.45) is 6.62. The van der Waals surface area contributed by atoms with Crippen LogP contribution in [0.2, 0.25) is 0 Å². The molecule has 0 spiro atoms. The van der Waals surface area contributed by atoms with Gasteiger partial charge in [-0.3, -0.25) is 0 Å². The Hall–Kier alpha value is -2.00. The molecule has 3 aliphatic rings. The molecule has 0 radical (unpaired) electrons. The molecule has 158 valence electrons. The molecule has 0 amide bonds. The Morgan fingerprint density at radius 3 is 2.72 bits per heavy atom. The largest absolute Gasteiger partial charge is 0.494 e. The van der Waals surface area contributed by atoms with Crippen LogP contribution in [0, 0.1) is 5.92 Å². The molecule has 0 aliphatic carbocycles. The average Bonchev–Trinajstić information content (AvgIpc) is 3.25.